The number of rotatable bonds is 3. The zero-order valence-electron chi connectivity index (χ0n) is 15.4. The lowest BCUT2D eigenvalue weighted by Crippen LogP contribution is -2.62. The first-order valence-electron chi connectivity index (χ1n) is 9.23. The summed E-state index contributed by atoms with van der Waals surface area (Å²) >= 11 is 0. The van der Waals surface area contributed by atoms with Gasteiger partial charge < -0.3 is 9.80 Å². The van der Waals surface area contributed by atoms with E-state index in [4.69, 9.17) is 5.26 Å². The Morgan fingerprint density at radius 3 is 2.59 bits per heavy atom. The fourth-order valence-corrected chi connectivity index (χ4v) is 4.23. The number of carbonyl (C=O) groups is 2. The van der Waals surface area contributed by atoms with Crippen molar-refractivity contribution in [1.29, 1.82) is 5.26 Å². The average Bonchev–Trinajstić information content (AvgIpc) is 2.63. The van der Waals surface area contributed by atoms with Crippen molar-refractivity contribution in [3.8, 4) is 6.07 Å². The number of piperidine rings is 2. The standard InChI is InChI=1S/C20H23F2N3O2/c1-2-24-9-3-8-19(18(24)27)12-20(21,22)14-25(13-19)17(26)10-15-4-6-16(11-23)7-5-15/h4-7H,2-3,8-10,12-14H2,1H3. The third-order valence-corrected chi connectivity index (χ3v) is 5.51. The highest BCUT2D eigenvalue weighted by Crippen LogP contribution is 2.45. The van der Waals surface area contributed by atoms with E-state index in [1.54, 1.807) is 29.2 Å². The van der Waals surface area contributed by atoms with Gasteiger partial charge in [0.15, 0.2) is 0 Å². The van der Waals surface area contributed by atoms with Crippen LogP contribution in [-0.4, -0.2) is 53.7 Å². The van der Waals surface area contributed by atoms with Crippen LogP contribution in [0, 0.1) is 16.7 Å². The Labute approximate surface area is 157 Å². The van der Waals surface area contributed by atoms with E-state index in [0.29, 0.717) is 37.1 Å². The average molecular weight is 375 g/mol. The number of nitriles is 1. The first kappa shape index (κ1) is 19.3. The maximum Gasteiger partial charge on any atom is 0.266 e. The molecule has 2 fully saturated rings. The minimum atomic E-state index is -3.08. The van der Waals surface area contributed by atoms with Gasteiger partial charge in [-0.15, -0.1) is 0 Å². The Bertz CT molecular complexity index is 772. The van der Waals surface area contributed by atoms with Crippen LogP contribution in [0.3, 0.4) is 0 Å². The molecule has 0 aliphatic carbocycles. The van der Waals surface area contributed by atoms with Gasteiger partial charge in [0.25, 0.3) is 5.92 Å². The van der Waals surface area contributed by atoms with Crippen LogP contribution in [0.5, 0.6) is 0 Å². The van der Waals surface area contributed by atoms with E-state index in [1.807, 2.05) is 13.0 Å². The van der Waals surface area contributed by atoms with Gasteiger partial charge in [-0.05, 0) is 37.5 Å². The lowest BCUT2D eigenvalue weighted by molar-refractivity contribution is -0.174. The second kappa shape index (κ2) is 7.26. The van der Waals surface area contributed by atoms with Crippen molar-refractivity contribution in [1.82, 2.24) is 9.80 Å². The normalized spacial score (nSPS) is 24.7. The molecule has 1 atom stereocenters. The van der Waals surface area contributed by atoms with E-state index < -0.39 is 30.2 Å². The second-order valence-electron chi connectivity index (χ2n) is 7.54. The molecule has 5 nitrogen and oxygen atoms in total. The van der Waals surface area contributed by atoms with E-state index in [2.05, 4.69) is 0 Å². The van der Waals surface area contributed by atoms with Crippen LogP contribution in [-0.2, 0) is 16.0 Å². The SMILES string of the molecule is CCN1CCCC2(CN(C(=O)Cc3ccc(C#N)cc3)CC(F)(F)C2)C1=O. The molecule has 1 aromatic carbocycles. The number of likely N-dealkylation sites (tertiary alicyclic amines) is 2. The van der Waals surface area contributed by atoms with E-state index in [-0.39, 0.29) is 18.9 Å². The third-order valence-electron chi connectivity index (χ3n) is 5.51. The summed E-state index contributed by atoms with van der Waals surface area (Å²) in [6, 6.07) is 8.49. The van der Waals surface area contributed by atoms with E-state index in [9.17, 15) is 18.4 Å². The monoisotopic (exact) mass is 375 g/mol. The van der Waals surface area contributed by atoms with E-state index >= 15 is 0 Å². The van der Waals surface area contributed by atoms with Crippen LogP contribution in [0.25, 0.3) is 0 Å². The molecule has 0 N–H and O–H groups in total. The van der Waals surface area contributed by atoms with Crippen LogP contribution in [0.2, 0.25) is 0 Å². The molecular formula is C20H23F2N3O2. The van der Waals surface area contributed by atoms with Crippen LogP contribution in [0.4, 0.5) is 8.78 Å². The number of carbonyl (C=O) groups excluding carboxylic acids is 2. The summed E-state index contributed by atoms with van der Waals surface area (Å²) in [5.74, 6) is -3.75. The van der Waals surface area contributed by atoms with Crippen molar-refractivity contribution in [2.24, 2.45) is 5.41 Å². The minimum Gasteiger partial charge on any atom is -0.342 e. The van der Waals surface area contributed by atoms with Gasteiger partial charge in [0, 0.05) is 26.1 Å². The molecule has 0 saturated carbocycles. The molecule has 2 aliphatic heterocycles. The zero-order valence-corrected chi connectivity index (χ0v) is 15.4. The Hall–Kier alpha value is -2.49. The molecule has 1 unspecified atom stereocenters. The number of amides is 2. The quantitative estimate of drug-likeness (QED) is 0.816. The molecule has 2 amide bonds. The predicted octanol–water partition coefficient (Wildman–Crippen LogP) is 2.60. The number of benzene rings is 1. The van der Waals surface area contributed by atoms with Crippen molar-refractivity contribution in [2.45, 2.75) is 38.5 Å². The first-order valence-corrected chi connectivity index (χ1v) is 9.23. The summed E-state index contributed by atoms with van der Waals surface area (Å²) in [5, 5.41) is 8.83. The largest absolute Gasteiger partial charge is 0.342 e. The van der Waals surface area contributed by atoms with Gasteiger partial charge in [-0.25, -0.2) is 8.78 Å². The summed E-state index contributed by atoms with van der Waals surface area (Å²) < 4.78 is 29.0. The fourth-order valence-electron chi connectivity index (χ4n) is 4.23. The van der Waals surface area contributed by atoms with Crippen LogP contribution < -0.4 is 0 Å². The van der Waals surface area contributed by atoms with Crippen molar-refractivity contribution in [3.63, 3.8) is 0 Å². The number of halogens is 2. The Kier molecular flexibility index (Phi) is 5.18. The number of hydrogen-bond donors (Lipinski definition) is 0. The van der Waals surface area contributed by atoms with Crippen molar-refractivity contribution in [2.75, 3.05) is 26.2 Å². The van der Waals surface area contributed by atoms with Crippen molar-refractivity contribution in [3.05, 3.63) is 35.4 Å². The maximum atomic E-state index is 14.5. The number of hydrogen-bond acceptors (Lipinski definition) is 3. The highest BCUT2D eigenvalue weighted by atomic mass is 19.3. The van der Waals surface area contributed by atoms with Gasteiger partial charge >= 0.3 is 0 Å². The van der Waals surface area contributed by atoms with Crippen molar-refractivity contribution < 1.29 is 18.4 Å². The van der Waals surface area contributed by atoms with Crippen LogP contribution in [0.1, 0.15) is 37.3 Å². The summed E-state index contributed by atoms with van der Waals surface area (Å²) in [4.78, 5) is 28.3. The highest BCUT2D eigenvalue weighted by molar-refractivity contribution is 5.86. The smallest absolute Gasteiger partial charge is 0.266 e. The Morgan fingerprint density at radius 1 is 1.26 bits per heavy atom. The molecule has 144 valence electrons. The van der Waals surface area contributed by atoms with Gasteiger partial charge in [-0.1, -0.05) is 12.1 Å². The lowest BCUT2D eigenvalue weighted by atomic mass is 9.71. The maximum absolute atomic E-state index is 14.5. The molecule has 2 saturated heterocycles. The summed E-state index contributed by atoms with van der Waals surface area (Å²) in [5.41, 5.74) is -0.0507. The number of nitrogens with zero attached hydrogens (tertiary/aromatic N) is 3. The molecule has 7 heteroatoms. The molecule has 2 aliphatic rings. The highest BCUT2D eigenvalue weighted by Gasteiger charge is 2.55. The fraction of sp³-hybridized carbons (Fsp3) is 0.550. The third kappa shape index (κ3) is 3.95. The van der Waals surface area contributed by atoms with Crippen LogP contribution in [0.15, 0.2) is 24.3 Å². The van der Waals surface area contributed by atoms with Gasteiger partial charge in [-0.2, -0.15) is 5.26 Å². The molecule has 1 aromatic rings. The summed E-state index contributed by atoms with van der Waals surface area (Å²) in [6.45, 7) is 2.31. The minimum absolute atomic E-state index is 0.0243. The van der Waals surface area contributed by atoms with Gasteiger partial charge in [0.1, 0.15) is 0 Å². The topological polar surface area (TPSA) is 64.4 Å². The molecule has 3 rings (SSSR count). The molecule has 2 heterocycles. The first-order chi connectivity index (χ1) is 12.8. The molecule has 0 bridgehead atoms. The molecule has 1 spiro atoms. The molecule has 0 aromatic heterocycles. The van der Waals surface area contributed by atoms with Gasteiger partial charge in [0.2, 0.25) is 11.8 Å². The summed E-state index contributed by atoms with van der Waals surface area (Å²) in [7, 11) is 0. The van der Waals surface area contributed by atoms with Gasteiger partial charge in [-0.3, -0.25) is 9.59 Å². The molecule has 0 radical (unpaired) electrons. The molecule has 27 heavy (non-hydrogen) atoms. The predicted molar refractivity (Wildman–Crippen MR) is 94.9 cm³/mol. The van der Waals surface area contributed by atoms with Gasteiger partial charge in [0.05, 0.1) is 30.0 Å². The van der Waals surface area contributed by atoms with Crippen molar-refractivity contribution >= 4 is 11.8 Å². The second-order valence-corrected chi connectivity index (χ2v) is 7.54. The van der Waals surface area contributed by atoms with E-state index in [0.717, 1.165) is 4.90 Å². The van der Waals surface area contributed by atoms with E-state index in [1.165, 1.54) is 0 Å². The Balaban J connectivity index is 1.79. The molecular weight excluding hydrogens is 352 g/mol. The number of alkyl halides is 2. The van der Waals surface area contributed by atoms with Crippen LogP contribution >= 0.6 is 0 Å². The lowest BCUT2D eigenvalue weighted by Gasteiger charge is -2.49. The summed E-state index contributed by atoms with van der Waals surface area (Å²) in [6.07, 6.45) is 0.547. The Morgan fingerprint density at radius 2 is 1.96 bits per heavy atom. The zero-order chi connectivity index (χ0) is 19.7.